The summed E-state index contributed by atoms with van der Waals surface area (Å²) in [5.74, 6) is 1.19. The van der Waals surface area contributed by atoms with Gasteiger partial charge in [0.15, 0.2) is 0 Å². The summed E-state index contributed by atoms with van der Waals surface area (Å²) in [6.07, 6.45) is 2.53. The molecule has 1 N–H and O–H groups in total. The summed E-state index contributed by atoms with van der Waals surface area (Å²) in [7, 11) is -2.15. The molecule has 0 fully saturated rings. The molecule has 0 atom stereocenters. The fraction of sp³-hybridized carbons (Fsp3) is 0.429. The second-order valence-electron chi connectivity index (χ2n) is 4.74. The van der Waals surface area contributed by atoms with Crippen molar-refractivity contribution in [1.82, 2.24) is 9.62 Å². The molecule has 0 saturated carbocycles. The smallest absolute Gasteiger partial charge is 0.276 e. The normalized spacial score (nSPS) is 12.1. The Morgan fingerprint density at radius 3 is 2.71 bits per heavy atom. The Labute approximate surface area is 124 Å². The van der Waals surface area contributed by atoms with Crippen LogP contribution in [0, 0.1) is 0 Å². The molecule has 0 spiro atoms. The maximum Gasteiger partial charge on any atom is 0.276 e. The highest BCUT2D eigenvalue weighted by atomic mass is 32.2. The highest BCUT2D eigenvalue weighted by Crippen LogP contribution is 2.19. The molecular formula is C14H20N2O4S. The highest BCUT2D eigenvalue weighted by molar-refractivity contribution is 7.88. The lowest BCUT2D eigenvalue weighted by Gasteiger charge is -2.13. The van der Waals surface area contributed by atoms with Crippen LogP contribution in [0.1, 0.15) is 24.9 Å². The van der Waals surface area contributed by atoms with E-state index in [2.05, 4.69) is 12.2 Å². The minimum absolute atomic E-state index is 0.0511. The van der Waals surface area contributed by atoms with Gasteiger partial charge < -0.3 is 14.2 Å². The Bertz CT molecular complexity index is 646. The lowest BCUT2D eigenvalue weighted by Crippen LogP contribution is -2.26. The Balaban J connectivity index is 2.04. The second kappa shape index (κ2) is 6.93. The molecule has 2 heterocycles. The molecule has 0 aliphatic carbocycles. The maximum absolute atomic E-state index is 12.4. The van der Waals surface area contributed by atoms with Crippen molar-refractivity contribution < 1.29 is 17.3 Å². The van der Waals surface area contributed by atoms with Crippen molar-refractivity contribution in [1.29, 1.82) is 0 Å². The summed E-state index contributed by atoms with van der Waals surface area (Å²) < 4.78 is 36.5. The first-order valence-electron chi connectivity index (χ1n) is 6.82. The summed E-state index contributed by atoms with van der Waals surface area (Å²) >= 11 is 0. The van der Waals surface area contributed by atoms with Crippen LogP contribution in [0.3, 0.4) is 0 Å². The summed E-state index contributed by atoms with van der Waals surface area (Å²) in [5.41, 5.74) is 0. The van der Waals surface area contributed by atoms with E-state index in [4.69, 9.17) is 8.83 Å². The van der Waals surface area contributed by atoms with Gasteiger partial charge in [-0.2, -0.15) is 4.31 Å². The molecule has 0 amide bonds. The topological polar surface area (TPSA) is 75.7 Å². The lowest BCUT2D eigenvalue weighted by atomic mass is 10.4. The number of hydrogen-bond donors (Lipinski definition) is 1. The minimum atomic E-state index is -3.65. The molecule has 0 radical (unpaired) electrons. The number of furan rings is 2. The van der Waals surface area contributed by atoms with Gasteiger partial charge in [0.2, 0.25) is 5.09 Å². The van der Waals surface area contributed by atoms with Crippen LogP contribution in [-0.2, 0) is 23.1 Å². The van der Waals surface area contributed by atoms with Crippen LogP contribution in [-0.4, -0.2) is 26.3 Å². The molecule has 0 unspecified atom stereocenters. The maximum atomic E-state index is 12.4. The fourth-order valence-electron chi connectivity index (χ4n) is 1.84. The van der Waals surface area contributed by atoms with Gasteiger partial charge in [-0.1, -0.05) is 6.92 Å². The Hall–Kier alpha value is -1.57. The van der Waals surface area contributed by atoms with Gasteiger partial charge in [-0.05, 0) is 37.2 Å². The van der Waals surface area contributed by atoms with Gasteiger partial charge >= 0.3 is 0 Å². The third kappa shape index (κ3) is 3.96. The summed E-state index contributed by atoms with van der Waals surface area (Å²) in [6, 6.07) is 6.61. The zero-order valence-corrected chi connectivity index (χ0v) is 13.0. The zero-order chi connectivity index (χ0) is 15.3. The zero-order valence-electron chi connectivity index (χ0n) is 12.2. The fourth-order valence-corrected chi connectivity index (χ4v) is 2.90. The standard InChI is InChI=1S/C14H20N2O4S/c1-3-8-15-10-12-6-7-14(20-12)21(17,18)16(2)11-13-5-4-9-19-13/h4-7,9,15H,3,8,10-11H2,1-2H3. The van der Waals surface area contributed by atoms with Crippen molar-refractivity contribution in [3.63, 3.8) is 0 Å². The van der Waals surface area contributed by atoms with Gasteiger partial charge in [-0.15, -0.1) is 0 Å². The van der Waals surface area contributed by atoms with E-state index in [1.807, 2.05) is 0 Å². The predicted octanol–water partition coefficient (Wildman–Crippen LogP) is 2.19. The second-order valence-corrected chi connectivity index (χ2v) is 6.71. The van der Waals surface area contributed by atoms with Crippen molar-refractivity contribution in [2.24, 2.45) is 0 Å². The van der Waals surface area contributed by atoms with Crippen molar-refractivity contribution in [2.45, 2.75) is 31.5 Å². The van der Waals surface area contributed by atoms with Crippen LogP contribution in [0.25, 0.3) is 0 Å². The number of nitrogens with one attached hydrogen (secondary N) is 1. The summed E-state index contributed by atoms with van der Waals surface area (Å²) in [6.45, 7) is 3.61. The molecule has 0 aliphatic rings. The molecule has 2 rings (SSSR count). The minimum Gasteiger partial charge on any atom is -0.468 e. The van der Waals surface area contributed by atoms with Crippen LogP contribution < -0.4 is 5.32 Å². The molecule has 0 aliphatic heterocycles. The molecule has 0 bridgehead atoms. The Morgan fingerprint density at radius 1 is 1.24 bits per heavy atom. The van der Waals surface area contributed by atoms with Crippen molar-refractivity contribution in [3.05, 3.63) is 42.0 Å². The molecule has 0 aromatic carbocycles. The first-order valence-corrected chi connectivity index (χ1v) is 8.26. The molecular weight excluding hydrogens is 292 g/mol. The van der Waals surface area contributed by atoms with Crippen molar-refractivity contribution in [2.75, 3.05) is 13.6 Å². The lowest BCUT2D eigenvalue weighted by molar-refractivity contribution is 0.366. The van der Waals surface area contributed by atoms with Gasteiger partial charge in [-0.3, -0.25) is 0 Å². The van der Waals surface area contributed by atoms with Gasteiger partial charge in [0, 0.05) is 7.05 Å². The SMILES string of the molecule is CCCNCc1ccc(S(=O)(=O)N(C)Cc2ccco2)o1. The number of sulfonamides is 1. The third-order valence-corrected chi connectivity index (χ3v) is 4.66. The van der Waals surface area contributed by atoms with Crippen LogP contribution in [0.4, 0.5) is 0 Å². The van der Waals surface area contributed by atoms with E-state index in [1.165, 1.54) is 23.7 Å². The molecule has 0 saturated heterocycles. The van der Waals surface area contributed by atoms with E-state index in [9.17, 15) is 8.42 Å². The van der Waals surface area contributed by atoms with Crippen LogP contribution >= 0.6 is 0 Å². The van der Waals surface area contributed by atoms with Crippen LogP contribution in [0.2, 0.25) is 0 Å². The molecule has 2 aromatic heterocycles. The number of rotatable bonds is 8. The number of hydrogen-bond acceptors (Lipinski definition) is 5. The van der Waals surface area contributed by atoms with E-state index in [0.29, 0.717) is 18.1 Å². The molecule has 7 heteroatoms. The van der Waals surface area contributed by atoms with Crippen LogP contribution in [0.5, 0.6) is 0 Å². The predicted molar refractivity (Wildman–Crippen MR) is 78.1 cm³/mol. The average molecular weight is 312 g/mol. The molecule has 2 aromatic rings. The summed E-state index contributed by atoms with van der Waals surface area (Å²) in [5, 5.41) is 3.11. The third-order valence-electron chi connectivity index (χ3n) is 2.99. The van der Waals surface area contributed by atoms with Gasteiger partial charge in [0.1, 0.15) is 11.5 Å². The summed E-state index contributed by atoms with van der Waals surface area (Å²) in [4.78, 5) is 0. The van der Waals surface area contributed by atoms with Crippen molar-refractivity contribution in [3.8, 4) is 0 Å². The van der Waals surface area contributed by atoms with Gasteiger partial charge in [0.05, 0.1) is 19.4 Å². The van der Waals surface area contributed by atoms with E-state index in [-0.39, 0.29) is 11.6 Å². The average Bonchev–Trinajstić information content (AvgIpc) is 3.10. The van der Waals surface area contributed by atoms with E-state index in [0.717, 1.165) is 13.0 Å². The van der Waals surface area contributed by atoms with Crippen LogP contribution in [0.15, 0.2) is 44.5 Å². The van der Waals surface area contributed by atoms with Gasteiger partial charge in [-0.25, -0.2) is 8.42 Å². The first kappa shape index (κ1) is 15.8. The van der Waals surface area contributed by atoms with Crippen molar-refractivity contribution >= 4 is 10.0 Å². The first-order chi connectivity index (χ1) is 10.0. The number of nitrogens with zero attached hydrogens (tertiary/aromatic N) is 1. The van der Waals surface area contributed by atoms with E-state index >= 15 is 0 Å². The van der Waals surface area contributed by atoms with E-state index in [1.54, 1.807) is 18.2 Å². The monoisotopic (exact) mass is 312 g/mol. The van der Waals surface area contributed by atoms with E-state index < -0.39 is 10.0 Å². The molecule has 6 nitrogen and oxygen atoms in total. The molecule has 116 valence electrons. The highest BCUT2D eigenvalue weighted by Gasteiger charge is 2.25. The quantitative estimate of drug-likeness (QED) is 0.756. The molecule has 21 heavy (non-hydrogen) atoms. The largest absolute Gasteiger partial charge is 0.468 e. The Kier molecular flexibility index (Phi) is 5.22. The Morgan fingerprint density at radius 2 is 2.05 bits per heavy atom. The van der Waals surface area contributed by atoms with Gasteiger partial charge in [0.25, 0.3) is 10.0 Å².